The lowest BCUT2D eigenvalue weighted by atomic mass is 10.2. The molecule has 0 spiro atoms. The topological polar surface area (TPSA) is 72.1 Å². The molecule has 0 amide bonds. The van der Waals surface area contributed by atoms with Crippen LogP contribution < -0.4 is 0 Å². The van der Waals surface area contributed by atoms with Gasteiger partial charge in [-0.05, 0) is 18.6 Å². The second-order valence-corrected chi connectivity index (χ2v) is 6.54. The number of ether oxygens (including phenoxy) is 1. The molecule has 0 saturated heterocycles. The second-order valence-electron chi connectivity index (χ2n) is 5.60. The van der Waals surface area contributed by atoms with Gasteiger partial charge in [0.25, 0.3) is 0 Å². The maximum Gasteiger partial charge on any atom is 0.316 e. The van der Waals surface area contributed by atoms with Crippen LogP contribution in [0.2, 0.25) is 0 Å². The largest absolute Gasteiger partial charge is 0.468 e. The number of rotatable bonds is 3. The van der Waals surface area contributed by atoms with E-state index in [1.807, 2.05) is 41.2 Å². The van der Waals surface area contributed by atoms with E-state index in [2.05, 4.69) is 15.0 Å². The van der Waals surface area contributed by atoms with Crippen molar-refractivity contribution in [3.8, 4) is 5.69 Å². The summed E-state index contributed by atoms with van der Waals surface area (Å²) in [6.45, 7) is 1.62. The summed E-state index contributed by atoms with van der Waals surface area (Å²) in [5.74, 6) is 1.57. The normalized spacial score (nSPS) is 15.8. The summed E-state index contributed by atoms with van der Waals surface area (Å²) in [7, 11) is 1.39. The van der Waals surface area contributed by atoms with Crippen LogP contribution in [0.25, 0.3) is 5.69 Å². The summed E-state index contributed by atoms with van der Waals surface area (Å²) < 4.78 is 6.55. The van der Waals surface area contributed by atoms with Gasteiger partial charge in [0, 0.05) is 13.1 Å². The minimum Gasteiger partial charge on any atom is -0.468 e. The van der Waals surface area contributed by atoms with Crippen molar-refractivity contribution in [2.24, 2.45) is 9.98 Å². The predicted octanol–water partition coefficient (Wildman–Crippen LogP) is 2.23. The van der Waals surface area contributed by atoms with E-state index in [9.17, 15) is 4.79 Å². The van der Waals surface area contributed by atoms with Gasteiger partial charge in [-0.15, -0.1) is 0 Å². The first-order valence-electron chi connectivity index (χ1n) is 8.02. The molecule has 3 heterocycles. The van der Waals surface area contributed by atoms with Gasteiger partial charge >= 0.3 is 5.97 Å². The number of carbonyl (C=O) groups excluding carboxylic acids is 1. The van der Waals surface area contributed by atoms with Crippen molar-refractivity contribution >= 4 is 34.6 Å². The van der Waals surface area contributed by atoms with E-state index in [0.717, 1.165) is 47.6 Å². The van der Waals surface area contributed by atoms with Crippen molar-refractivity contribution in [3.63, 3.8) is 0 Å². The molecule has 1 aromatic heterocycles. The van der Waals surface area contributed by atoms with Gasteiger partial charge in [-0.25, -0.2) is 9.67 Å². The van der Waals surface area contributed by atoms with E-state index in [0.29, 0.717) is 0 Å². The van der Waals surface area contributed by atoms with Gasteiger partial charge < -0.3 is 9.64 Å². The number of amidine groups is 2. The summed E-state index contributed by atoms with van der Waals surface area (Å²) in [6.07, 6.45) is 2.77. The molecule has 1 aromatic carbocycles. The molecule has 0 unspecified atom stereocenters. The molecule has 4 rings (SSSR count). The van der Waals surface area contributed by atoms with Crippen molar-refractivity contribution in [3.05, 3.63) is 42.1 Å². The monoisotopic (exact) mass is 355 g/mol. The Hall–Kier alpha value is -2.61. The number of aromatic nitrogens is 2. The number of methoxy groups -OCH3 is 1. The zero-order valence-corrected chi connectivity index (χ0v) is 14.6. The van der Waals surface area contributed by atoms with Crippen molar-refractivity contribution in [1.82, 2.24) is 14.7 Å². The zero-order chi connectivity index (χ0) is 17.2. The number of nitrogens with zero attached hydrogens (tertiary/aromatic N) is 5. The fraction of sp³-hybridized carbons (Fsp3) is 0.294. The number of esters is 1. The molecular formula is C17H17N5O2S. The van der Waals surface area contributed by atoms with Gasteiger partial charge in [0.1, 0.15) is 5.84 Å². The Morgan fingerprint density at radius 3 is 2.96 bits per heavy atom. The SMILES string of the molecule is COC(=O)CSC1=Nc2c(cnn2-c2ccccc2)C2=NCCCN12. The van der Waals surface area contributed by atoms with Crippen molar-refractivity contribution in [2.45, 2.75) is 6.42 Å². The molecule has 0 radical (unpaired) electrons. The van der Waals surface area contributed by atoms with Crippen LogP contribution in [0.5, 0.6) is 0 Å². The van der Waals surface area contributed by atoms with Crippen LogP contribution >= 0.6 is 11.8 Å². The molecule has 2 aliphatic rings. The maximum absolute atomic E-state index is 11.5. The molecule has 0 bridgehead atoms. The number of hydrogen-bond acceptors (Lipinski definition) is 7. The highest BCUT2D eigenvalue weighted by Crippen LogP contribution is 2.33. The van der Waals surface area contributed by atoms with E-state index >= 15 is 0 Å². The van der Waals surface area contributed by atoms with Crippen LogP contribution in [0.15, 0.2) is 46.5 Å². The minimum atomic E-state index is -0.273. The van der Waals surface area contributed by atoms with Gasteiger partial charge in [0.2, 0.25) is 0 Å². The highest BCUT2D eigenvalue weighted by Gasteiger charge is 2.31. The standard InChI is InChI=1S/C17H17N5O2S/c1-24-14(23)11-25-17-20-16-13(15-18-8-5-9-21(15)17)10-19-22(16)12-6-3-2-4-7-12/h2-4,6-7,10H,5,8-9,11H2,1H3. The number of fused-ring (bicyclic) bond motifs is 3. The van der Waals surface area contributed by atoms with Crippen LogP contribution in [-0.2, 0) is 9.53 Å². The van der Waals surface area contributed by atoms with Crippen LogP contribution in [-0.4, -0.2) is 57.6 Å². The van der Waals surface area contributed by atoms with E-state index in [-0.39, 0.29) is 11.7 Å². The smallest absolute Gasteiger partial charge is 0.316 e. The molecule has 25 heavy (non-hydrogen) atoms. The van der Waals surface area contributed by atoms with Gasteiger partial charge in [0.15, 0.2) is 11.0 Å². The van der Waals surface area contributed by atoms with Crippen LogP contribution in [0.1, 0.15) is 12.0 Å². The first-order chi connectivity index (χ1) is 12.3. The molecular weight excluding hydrogens is 338 g/mol. The molecule has 2 aliphatic heterocycles. The van der Waals surface area contributed by atoms with E-state index in [1.54, 1.807) is 0 Å². The minimum absolute atomic E-state index is 0.216. The van der Waals surface area contributed by atoms with Crippen molar-refractivity contribution in [1.29, 1.82) is 0 Å². The Morgan fingerprint density at radius 1 is 1.32 bits per heavy atom. The molecule has 0 saturated carbocycles. The number of hydrogen-bond donors (Lipinski definition) is 0. The lowest BCUT2D eigenvalue weighted by Gasteiger charge is -2.32. The zero-order valence-electron chi connectivity index (χ0n) is 13.8. The first kappa shape index (κ1) is 15.9. The number of thioether (sulfide) groups is 1. The lowest BCUT2D eigenvalue weighted by Crippen LogP contribution is -2.42. The second kappa shape index (κ2) is 6.72. The molecule has 128 valence electrons. The first-order valence-corrected chi connectivity index (χ1v) is 9.00. The van der Waals surface area contributed by atoms with E-state index in [4.69, 9.17) is 9.73 Å². The quantitative estimate of drug-likeness (QED) is 0.790. The molecule has 8 heteroatoms. The van der Waals surface area contributed by atoms with Gasteiger partial charge in [-0.1, -0.05) is 30.0 Å². The number of para-hydroxylation sites is 1. The number of benzene rings is 1. The maximum atomic E-state index is 11.5. The molecule has 2 aromatic rings. The Labute approximate surface area is 149 Å². The Kier molecular flexibility index (Phi) is 4.27. The van der Waals surface area contributed by atoms with Crippen LogP contribution in [0.4, 0.5) is 5.82 Å². The van der Waals surface area contributed by atoms with Gasteiger partial charge in [-0.3, -0.25) is 9.79 Å². The lowest BCUT2D eigenvalue weighted by molar-refractivity contribution is -0.137. The summed E-state index contributed by atoms with van der Waals surface area (Å²) in [6, 6.07) is 9.87. The van der Waals surface area contributed by atoms with E-state index < -0.39 is 0 Å². The molecule has 0 aliphatic carbocycles. The Morgan fingerprint density at radius 2 is 2.16 bits per heavy atom. The van der Waals surface area contributed by atoms with Gasteiger partial charge in [-0.2, -0.15) is 5.10 Å². The predicted molar refractivity (Wildman–Crippen MR) is 97.9 cm³/mol. The average molecular weight is 355 g/mol. The van der Waals surface area contributed by atoms with Crippen LogP contribution in [0.3, 0.4) is 0 Å². The Bertz CT molecular complexity index is 859. The van der Waals surface area contributed by atoms with Crippen molar-refractivity contribution in [2.75, 3.05) is 26.0 Å². The third-order valence-electron chi connectivity index (χ3n) is 4.02. The summed E-state index contributed by atoms with van der Waals surface area (Å²) in [5, 5.41) is 5.26. The molecule has 0 N–H and O–H groups in total. The highest BCUT2D eigenvalue weighted by atomic mass is 32.2. The molecule has 0 atom stereocenters. The molecule has 7 nitrogen and oxygen atoms in total. The summed E-state index contributed by atoms with van der Waals surface area (Å²) >= 11 is 1.37. The third-order valence-corrected chi connectivity index (χ3v) is 4.97. The number of carbonyl (C=O) groups is 1. The highest BCUT2D eigenvalue weighted by molar-refractivity contribution is 8.14. The third kappa shape index (κ3) is 2.93. The Balaban J connectivity index is 1.76. The molecule has 0 fully saturated rings. The van der Waals surface area contributed by atoms with E-state index in [1.165, 1.54) is 18.9 Å². The fourth-order valence-corrected chi connectivity index (χ4v) is 3.68. The summed E-state index contributed by atoms with van der Waals surface area (Å²) in [5.41, 5.74) is 1.86. The van der Waals surface area contributed by atoms with Gasteiger partial charge in [0.05, 0.1) is 30.3 Å². The number of aliphatic imine (C=N–C) groups is 2. The fourth-order valence-electron chi connectivity index (χ4n) is 2.83. The summed E-state index contributed by atoms with van der Waals surface area (Å²) in [4.78, 5) is 23.1. The average Bonchev–Trinajstić information content (AvgIpc) is 3.10. The van der Waals surface area contributed by atoms with Crippen molar-refractivity contribution < 1.29 is 9.53 Å². The van der Waals surface area contributed by atoms with Crippen LogP contribution in [0, 0.1) is 0 Å².